The molecule has 0 spiro atoms. The molecule has 13 heteroatoms. The fourth-order valence-corrected chi connectivity index (χ4v) is 4.24. The van der Waals surface area contributed by atoms with Crippen LogP contribution in [0.1, 0.15) is 30.1 Å². The molecule has 1 aromatic carbocycles. The first-order valence-electron chi connectivity index (χ1n) is 8.60. The summed E-state index contributed by atoms with van der Waals surface area (Å²) >= 11 is 6.90. The molecule has 0 atom stereocenters. The van der Waals surface area contributed by atoms with Gasteiger partial charge in [0.25, 0.3) is 0 Å². The maximum absolute atomic E-state index is 13.1. The zero-order valence-corrected chi connectivity index (χ0v) is 16.4. The number of carbonyl (C=O) groups is 1. The number of rotatable bonds is 6. The predicted octanol–water partition coefficient (Wildman–Crippen LogP) is 5.28. The maximum Gasteiger partial charge on any atom is 0.436 e. The number of anilines is 1. The van der Waals surface area contributed by atoms with Crippen molar-refractivity contribution >= 4 is 44.2 Å². The average Bonchev–Trinajstić information content (AvgIpc) is 3.29. The van der Waals surface area contributed by atoms with Crippen LogP contribution >= 0.6 is 22.9 Å². The lowest BCUT2D eigenvalue weighted by Crippen LogP contribution is -2.21. The van der Waals surface area contributed by atoms with Gasteiger partial charge in [-0.25, -0.2) is 4.98 Å². The first kappa shape index (κ1) is 20.8. The molecule has 1 amide bonds. The van der Waals surface area contributed by atoms with E-state index in [0.29, 0.717) is 23.1 Å². The average molecular weight is 467 g/mol. The van der Waals surface area contributed by atoms with E-state index in [9.17, 15) is 26.7 Å². The zero-order valence-electron chi connectivity index (χ0n) is 14.8. The highest BCUT2D eigenvalue weighted by Gasteiger charge is 2.42. The molecule has 0 saturated heterocycles. The van der Waals surface area contributed by atoms with Crippen LogP contribution in [0.25, 0.3) is 10.2 Å². The number of alkyl halides is 5. The molecule has 160 valence electrons. The molecule has 6 nitrogen and oxygen atoms in total. The first-order chi connectivity index (χ1) is 14.1. The minimum atomic E-state index is -4.73. The summed E-state index contributed by atoms with van der Waals surface area (Å²) in [5.74, 6) is -0.864. The van der Waals surface area contributed by atoms with Gasteiger partial charge in [-0.3, -0.25) is 9.48 Å². The van der Waals surface area contributed by atoms with Crippen LogP contribution in [0.5, 0.6) is 5.75 Å². The maximum atomic E-state index is 13.1. The van der Waals surface area contributed by atoms with Gasteiger partial charge >= 0.3 is 12.8 Å². The number of fused-ring (bicyclic) bond motifs is 1. The van der Waals surface area contributed by atoms with E-state index in [1.165, 1.54) is 18.2 Å². The van der Waals surface area contributed by atoms with Crippen molar-refractivity contribution in [3.63, 3.8) is 0 Å². The zero-order chi connectivity index (χ0) is 21.6. The molecule has 3 aromatic rings. The van der Waals surface area contributed by atoms with Gasteiger partial charge in [0, 0.05) is 5.92 Å². The van der Waals surface area contributed by atoms with E-state index < -0.39 is 36.0 Å². The predicted molar refractivity (Wildman–Crippen MR) is 99.1 cm³/mol. The van der Waals surface area contributed by atoms with Gasteiger partial charge in [0.05, 0.1) is 20.9 Å². The molecule has 2 aromatic heterocycles. The number of nitrogens with one attached hydrogen (secondary N) is 1. The molecular weight excluding hydrogens is 455 g/mol. The monoisotopic (exact) mass is 466 g/mol. The van der Waals surface area contributed by atoms with Crippen molar-refractivity contribution in [1.29, 1.82) is 0 Å². The number of benzene rings is 1. The van der Waals surface area contributed by atoms with Crippen LogP contribution in [0.2, 0.25) is 5.02 Å². The summed E-state index contributed by atoms with van der Waals surface area (Å²) in [6.45, 7) is -3.45. The minimum absolute atomic E-state index is 0.0565. The van der Waals surface area contributed by atoms with Crippen molar-refractivity contribution < 1.29 is 31.5 Å². The highest BCUT2D eigenvalue weighted by atomic mass is 35.5. The van der Waals surface area contributed by atoms with Crippen LogP contribution in [0.3, 0.4) is 0 Å². The SMILES string of the molecule is O=C(Cn1nc(C(F)(F)F)c(Cl)c1C1CC1)Nc1nc2ccc(OC(F)F)cc2s1. The summed E-state index contributed by atoms with van der Waals surface area (Å²) in [5.41, 5.74) is -0.584. The third kappa shape index (κ3) is 4.33. The molecule has 1 aliphatic carbocycles. The van der Waals surface area contributed by atoms with Crippen molar-refractivity contribution in [2.24, 2.45) is 0 Å². The number of hydrogen-bond acceptors (Lipinski definition) is 5. The van der Waals surface area contributed by atoms with Gasteiger partial charge < -0.3 is 10.1 Å². The van der Waals surface area contributed by atoms with Crippen LogP contribution in [-0.4, -0.2) is 27.3 Å². The lowest BCUT2D eigenvalue weighted by Gasteiger charge is -2.06. The number of nitrogens with zero attached hydrogens (tertiary/aromatic N) is 3. The first-order valence-corrected chi connectivity index (χ1v) is 9.80. The summed E-state index contributed by atoms with van der Waals surface area (Å²) in [4.78, 5) is 16.5. The van der Waals surface area contributed by atoms with Crippen LogP contribution in [0.15, 0.2) is 18.2 Å². The topological polar surface area (TPSA) is 69.0 Å². The Kier molecular flexibility index (Phi) is 5.30. The van der Waals surface area contributed by atoms with Gasteiger partial charge in [0.2, 0.25) is 5.91 Å². The highest BCUT2D eigenvalue weighted by Crippen LogP contribution is 2.46. The molecule has 1 N–H and O–H groups in total. The molecule has 1 fully saturated rings. The van der Waals surface area contributed by atoms with Gasteiger partial charge in [0.15, 0.2) is 10.8 Å². The Morgan fingerprint density at radius 2 is 2.10 bits per heavy atom. The number of hydrogen-bond donors (Lipinski definition) is 1. The standard InChI is InChI=1S/C17H12ClF5N4O2S/c18-12-13(7-1-2-7)27(26-14(12)17(21,22)23)6-11(28)25-16-24-9-4-3-8(29-15(19)20)5-10(9)30-16/h3-5,7,15H,1-2,6H2,(H,24,25,28). The van der Waals surface area contributed by atoms with E-state index in [-0.39, 0.29) is 22.5 Å². The summed E-state index contributed by atoms with van der Waals surface area (Å²) in [7, 11) is 0. The summed E-state index contributed by atoms with van der Waals surface area (Å²) in [6.07, 6.45) is -3.38. The fourth-order valence-electron chi connectivity index (χ4n) is 2.93. The van der Waals surface area contributed by atoms with E-state index in [0.717, 1.165) is 16.0 Å². The molecule has 30 heavy (non-hydrogen) atoms. The molecular formula is C17H12ClF5N4O2S. The smallest absolute Gasteiger partial charge is 0.435 e. The van der Waals surface area contributed by atoms with Crippen molar-refractivity contribution in [3.05, 3.63) is 34.6 Å². The third-order valence-electron chi connectivity index (χ3n) is 4.29. The molecule has 0 aliphatic heterocycles. The minimum Gasteiger partial charge on any atom is -0.435 e. The number of amides is 1. The van der Waals surface area contributed by atoms with Gasteiger partial charge in [-0.1, -0.05) is 22.9 Å². The fraction of sp³-hybridized carbons (Fsp3) is 0.353. The number of halogens is 6. The Hall–Kier alpha value is -2.47. The van der Waals surface area contributed by atoms with Gasteiger partial charge in [-0.05, 0) is 31.0 Å². The van der Waals surface area contributed by atoms with Crippen LogP contribution in [0.4, 0.5) is 27.1 Å². The molecule has 1 aliphatic rings. The van der Waals surface area contributed by atoms with E-state index in [2.05, 4.69) is 20.1 Å². The molecule has 0 bridgehead atoms. The quantitative estimate of drug-likeness (QED) is 0.502. The van der Waals surface area contributed by atoms with Crippen molar-refractivity contribution in [2.75, 3.05) is 5.32 Å². The molecule has 1 saturated carbocycles. The molecule has 0 unspecified atom stereocenters. The molecule has 0 radical (unpaired) electrons. The molecule has 4 rings (SSSR count). The summed E-state index contributed by atoms with van der Waals surface area (Å²) in [6, 6.07) is 4.11. The van der Waals surface area contributed by atoms with Gasteiger partial charge in [0.1, 0.15) is 12.3 Å². The van der Waals surface area contributed by atoms with E-state index in [4.69, 9.17) is 11.6 Å². The summed E-state index contributed by atoms with van der Waals surface area (Å²) < 4.78 is 69.8. The lowest BCUT2D eigenvalue weighted by molar-refractivity contribution is -0.141. The normalized spacial score (nSPS) is 14.5. The molecule has 2 heterocycles. The van der Waals surface area contributed by atoms with Crippen LogP contribution in [0, 0.1) is 0 Å². The Labute approximate surface area is 174 Å². The largest absolute Gasteiger partial charge is 0.436 e. The van der Waals surface area contributed by atoms with Gasteiger partial charge in [-0.15, -0.1) is 0 Å². The van der Waals surface area contributed by atoms with Crippen molar-refractivity contribution in [1.82, 2.24) is 14.8 Å². The Morgan fingerprint density at radius 1 is 1.37 bits per heavy atom. The van der Waals surface area contributed by atoms with Crippen molar-refractivity contribution in [2.45, 2.75) is 38.1 Å². The Morgan fingerprint density at radius 3 is 2.73 bits per heavy atom. The van der Waals surface area contributed by atoms with E-state index >= 15 is 0 Å². The second-order valence-electron chi connectivity index (χ2n) is 6.55. The second-order valence-corrected chi connectivity index (χ2v) is 7.96. The third-order valence-corrected chi connectivity index (χ3v) is 5.60. The second kappa shape index (κ2) is 7.65. The van der Waals surface area contributed by atoms with Crippen molar-refractivity contribution in [3.8, 4) is 5.75 Å². The highest BCUT2D eigenvalue weighted by molar-refractivity contribution is 7.22. The number of ether oxygens (including phenoxy) is 1. The van der Waals surface area contributed by atoms with E-state index in [1.807, 2.05) is 0 Å². The summed E-state index contributed by atoms with van der Waals surface area (Å²) in [5, 5.41) is 5.67. The lowest BCUT2D eigenvalue weighted by atomic mass is 10.2. The van der Waals surface area contributed by atoms with Crippen LogP contribution < -0.4 is 10.1 Å². The Bertz CT molecular complexity index is 1110. The Balaban J connectivity index is 1.52. The number of thiazole rings is 1. The van der Waals surface area contributed by atoms with Gasteiger partial charge in [-0.2, -0.15) is 27.1 Å². The van der Waals surface area contributed by atoms with Crippen LogP contribution in [-0.2, 0) is 17.5 Å². The number of aromatic nitrogens is 3. The van der Waals surface area contributed by atoms with E-state index in [1.54, 1.807) is 0 Å². The number of carbonyl (C=O) groups excluding carboxylic acids is 1.